The zero-order valence-corrected chi connectivity index (χ0v) is 16.0. The van der Waals surface area contributed by atoms with Crippen LogP contribution in [0.3, 0.4) is 0 Å². The van der Waals surface area contributed by atoms with E-state index in [2.05, 4.69) is 10.9 Å². The number of terminal acetylenes is 1. The van der Waals surface area contributed by atoms with Crippen LogP contribution in [0.25, 0.3) is 6.08 Å². The number of hydrogen-bond donors (Lipinski definition) is 0. The second-order valence-electron chi connectivity index (χ2n) is 5.27. The number of carbonyl (C=O) groups is 1. The van der Waals surface area contributed by atoms with Gasteiger partial charge in [0.2, 0.25) is 5.12 Å². The molecule has 6 heteroatoms. The lowest BCUT2D eigenvalue weighted by Crippen LogP contribution is -1.93. The third kappa shape index (κ3) is 5.18. The van der Waals surface area contributed by atoms with E-state index in [0.717, 1.165) is 33.0 Å². The van der Waals surface area contributed by atoms with Gasteiger partial charge in [0, 0.05) is 10.8 Å². The Hall–Kier alpha value is -2.13. The van der Waals surface area contributed by atoms with Gasteiger partial charge in [0.15, 0.2) is 0 Å². The summed E-state index contributed by atoms with van der Waals surface area (Å²) in [5, 5.41) is 0.665. The average molecular weight is 400 g/mol. The number of hydrogen-bond acceptors (Lipinski definition) is 5. The maximum atomic E-state index is 12.2. The molecule has 0 saturated heterocycles. The fourth-order valence-electron chi connectivity index (χ4n) is 2.12. The Morgan fingerprint density at radius 3 is 2.62 bits per heavy atom. The summed E-state index contributed by atoms with van der Waals surface area (Å²) in [6.07, 6.45) is 6.94. The SMILES string of the molecule is C#CCOc1ccc(/C=C2/N=C(SCc3ccc(Cl)cc3)SC2=O)cc1. The Bertz CT molecular complexity index is 897. The molecule has 0 unspecified atom stereocenters. The fourth-order valence-corrected chi connectivity index (χ4v) is 4.04. The van der Waals surface area contributed by atoms with Crippen LogP contribution in [0.5, 0.6) is 5.75 Å². The lowest BCUT2D eigenvalue weighted by atomic mass is 10.2. The molecule has 130 valence electrons. The van der Waals surface area contributed by atoms with Crippen LogP contribution in [0.2, 0.25) is 5.02 Å². The fraction of sp³-hybridized carbons (Fsp3) is 0.100. The Balaban J connectivity index is 1.64. The summed E-state index contributed by atoms with van der Waals surface area (Å²) in [5.41, 5.74) is 2.47. The van der Waals surface area contributed by atoms with E-state index in [1.165, 1.54) is 0 Å². The van der Waals surface area contributed by atoms with Gasteiger partial charge in [-0.25, -0.2) is 4.99 Å². The van der Waals surface area contributed by atoms with E-state index < -0.39 is 0 Å². The van der Waals surface area contributed by atoms with E-state index in [1.54, 1.807) is 17.8 Å². The first kappa shape index (κ1) is 18.7. The number of carbonyl (C=O) groups excluding carboxylic acids is 1. The lowest BCUT2D eigenvalue weighted by molar-refractivity contribution is -0.107. The third-order valence-electron chi connectivity index (χ3n) is 3.38. The number of ether oxygens (including phenoxy) is 1. The molecule has 0 saturated carbocycles. The van der Waals surface area contributed by atoms with Crippen molar-refractivity contribution in [2.75, 3.05) is 6.61 Å². The number of benzene rings is 2. The quantitative estimate of drug-likeness (QED) is 0.508. The number of nitrogens with zero attached hydrogens (tertiary/aromatic N) is 1. The molecule has 0 atom stereocenters. The van der Waals surface area contributed by atoms with Gasteiger partial charge in [-0.3, -0.25) is 4.79 Å². The summed E-state index contributed by atoms with van der Waals surface area (Å²) in [6.45, 7) is 0.230. The van der Waals surface area contributed by atoms with Gasteiger partial charge >= 0.3 is 0 Å². The lowest BCUT2D eigenvalue weighted by Gasteiger charge is -2.02. The third-order valence-corrected chi connectivity index (χ3v) is 5.71. The van der Waals surface area contributed by atoms with E-state index in [9.17, 15) is 4.79 Å². The Labute approximate surface area is 165 Å². The molecule has 1 aliphatic rings. The van der Waals surface area contributed by atoms with Gasteiger partial charge in [-0.1, -0.05) is 53.5 Å². The van der Waals surface area contributed by atoms with Gasteiger partial charge in [-0.15, -0.1) is 6.42 Å². The van der Waals surface area contributed by atoms with Crippen LogP contribution < -0.4 is 4.74 Å². The maximum Gasteiger partial charge on any atom is 0.244 e. The van der Waals surface area contributed by atoms with Gasteiger partial charge in [0.25, 0.3) is 0 Å². The summed E-state index contributed by atoms with van der Waals surface area (Å²) in [6, 6.07) is 15.0. The monoisotopic (exact) mass is 399 g/mol. The van der Waals surface area contributed by atoms with Gasteiger partial charge in [-0.05, 0) is 53.2 Å². The minimum absolute atomic E-state index is 0.0451. The molecule has 1 heterocycles. The van der Waals surface area contributed by atoms with Crippen molar-refractivity contribution < 1.29 is 9.53 Å². The van der Waals surface area contributed by atoms with Crippen LogP contribution in [0, 0.1) is 12.3 Å². The number of rotatable bonds is 5. The van der Waals surface area contributed by atoms with Crippen molar-refractivity contribution in [2.24, 2.45) is 4.99 Å². The Kier molecular flexibility index (Phi) is 6.45. The highest BCUT2D eigenvalue weighted by Gasteiger charge is 2.22. The van der Waals surface area contributed by atoms with Crippen LogP contribution in [-0.4, -0.2) is 16.1 Å². The Morgan fingerprint density at radius 1 is 1.19 bits per heavy atom. The van der Waals surface area contributed by atoms with Crippen LogP contribution in [0.1, 0.15) is 11.1 Å². The van der Waals surface area contributed by atoms with Crippen molar-refractivity contribution >= 4 is 50.7 Å². The van der Waals surface area contributed by atoms with Crippen LogP contribution in [0.15, 0.2) is 59.2 Å². The number of aliphatic imine (C=N–C) groups is 1. The smallest absolute Gasteiger partial charge is 0.244 e. The molecule has 26 heavy (non-hydrogen) atoms. The zero-order valence-electron chi connectivity index (χ0n) is 13.6. The van der Waals surface area contributed by atoms with Crippen molar-refractivity contribution in [3.05, 3.63) is 70.4 Å². The minimum Gasteiger partial charge on any atom is -0.481 e. The summed E-state index contributed by atoms with van der Waals surface area (Å²) >= 11 is 8.59. The molecule has 0 N–H and O–H groups in total. The van der Waals surface area contributed by atoms with Crippen molar-refractivity contribution in [1.82, 2.24) is 0 Å². The van der Waals surface area contributed by atoms with Crippen molar-refractivity contribution in [3.63, 3.8) is 0 Å². The summed E-state index contributed by atoms with van der Waals surface area (Å²) in [5.74, 6) is 3.85. The van der Waals surface area contributed by atoms with Crippen molar-refractivity contribution in [2.45, 2.75) is 5.75 Å². The standard InChI is InChI=1S/C20H14ClNO2S2/c1-2-11-24-17-9-5-14(6-10-17)12-18-19(23)26-20(22-18)25-13-15-3-7-16(21)8-4-15/h1,3-10,12H,11,13H2/b18-12+. The number of thioether (sulfide) groups is 2. The molecular weight excluding hydrogens is 386 g/mol. The maximum absolute atomic E-state index is 12.2. The topological polar surface area (TPSA) is 38.7 Å². The second kappa shape index (κ2) is 9.00. The molecule has 0 radical (unpaired) electrons. The van der Waals surface area contributed by atoms with Crippen molar-refractivity contribution in [1.29, 1.82) is 0 Å². The first-order valence-electron chi connectivity index (χ1n) is 7.70. The summed E-state index contributed by atoms with van der Waals surface area (Å²) in [7, 11) is 0. The zero-order chi connectivity index (χ0) is 18.4. The average Bonchev–Trinajstić information content (AvgIpc) is 3.00. The molecule has 0 bridgehead atoms. The van der Waals surface area contributed by atoms with E-state index in [1.807, 2.05) is 48.5 Å². The number of halogens is 1. The predicted molar refractivity (Wildman–Crippen MR) is 112 cm³/mol. The molecule has 1 aliphatic heterocycles. The predicted octanol–water partition coefficient (Wildman–Crippen LogP) is 5.26. The van der Waals surface area contributed by atoms with Crippen LogP contribution >= 0.6 is 35.1 Å². The molecule has 2 aromatic carbocycles. The molecule has 0 aromatic heterocycles. The highest BCUT2D eigenvalue weighted by Crippen LogP contribution is 2.32. The van der Waals surface area contributed by atoms with Gasteiger partial charge in [-0.2, -0.15) is 0 Å². The van der Waals surface area contributed by atoms with Gasteiger partial charge < -0.3 is 4.74 Å². The molecule has 0 spiro atoms. The molecule has 0 amide bonds. The molecule has 0 fully saturated rings. The Morgan fingerprint density at radius 2 is 1.92 bits per heavy atom. The minimum atomic E-state index is -0.0451. The molecule has 0 aliphatic carbocycles. The summed E-state index contributed by atoms with van der Waals surface area (Å²) in [4.78, 5) is 16.6. The van der Waals surface area contributed by atoms with Crippen molar-refractivity contribution in [3.8, 4) is 18.1 Å². The molecule has 3 nitrogen and oxygen atoms in total. The molecule has 3 rings (SSSR count). The van der Waals surface area contributed by atoms with Gasteiger partial charge in [0.05, 0.1) is 0 Å². The van der Waals surface area contributed by atoms with Crippen LogP contribution in [-0.2, 0) is 10.5 Å². The molecule has 2 aromatic rings. The van der Waals surface area contributed by atoms with E-state index in [4.69, 9.17) is 22.8 Å². The first-order chi connectivity index (χ1) is 12.6. The highest BCUT2D eigenvalue weighted by molar-refractivity contribution is 8.45. The largest absolute Gasteiger partial charge is 0.481 e. The van der Waals surface area contributed by atoms with E-state index in [-0.39, 0.29) is 11.7 Å². The van der Waals surface area contributed by atoms with Gasteiger partial charge in [0.1, 0.15) is 22.4 Å². The first-order valence-corrected chi connectivity index (χ1v) is 9.88. The van der Waals surface area contributed by atoms with E-state index in [0.29, 0.717) is 16.5 Å². The van der Waals surface area contributed by atoms with Crippen LogP contribution in [0.4, 0.5) is 0 Å². The normalized spacial score (nSPS) is 15.0. The molecular formula is C20H14ClNO2S2. The summed E-state index contributed by atoms with van der Waals surface area (Å²) < 4.78 is 6.09. The van der Waals surface area contributed by atoms with E-state index >= 15 is 0 Å². The highest BCUT2D eigenvalue weighted by atomic mass is 35.5. The second-order valence-corrected chi connectivity index (χ2v) is 7.89.